The minimum absolute atomic E-state index is 0.222. The number of aryl methyl sites for hydroxylation is 1. The second kappa shape index (κ2) is 9.41. The molecule has 2 aromatic carbocycles. The van der Waals surface area contributed by atoms with Crippen LogP contribution in [0.2, 0.25) is 0 Å². The number of likely N-dealkylation sites (tertiary alicyclic amines) is 1. The number of aliphatic hydroxyl groups excluding tert-OH is 1. The maximum atomic E-state index is 13.6. The number of urea groups is 1. The number of rotatable bonds is 5. The Morgan fingerprint density at radius 2 is 1.97 bits per heavy atom. The van der Waals surface area contributed by atoms with E-state index in [0.29, 0.717) is 12.2 Å². The molecule has 0 unspecified atom stereocenters. The van der Waals surface area contributed by atoms with Crippen molar-refractivity contribution in [2.24, 2.45) is 7.05 Å². The standard InChI is InChI=1S/C29H30FN5O3/c1-33-24-12-22(38-2)9-10-23(24)26-27(33)25(15-36)35(28(37)32-21-7-5-20(30)6-8-21)18-29(26)16-34(17-29)14-19-4-3-11-31-13-19/h3-13,25,36H,14-18H2,1-2H3,(H,32,37)/t25-/m0/s1. The molecule has 0 aliphatic carbocycles. The van der Waals surface area contributed by atoms with Gasteiger partial charge in [0.05, 0.1) is 25.3 Å². The van der Waals surface area contributed by atoms with Crippen molar-refractivity contribution in [2.75, 3.05) is 38.7 Å². The van der Waals surface area contributed by atoms with Crippen LogP contribution in [0.1, 0.15) is 22.9 Å². The highest BCUT2D eigenvalue weighted by Gasteiger charge is 2.54. The summed E-state index contributed by atoms with van der Waals surface area (Å²) >= 11 is 0. The number of benzene rings is 2. The summed E-state index contributed by atoms with van der Waals surface area (Å²) in [7, 11) is 3.62. The summed E-state index contributed by atoms with van der Waals surface area (Å²) in [6, 6.07) is 14.9. The second-order valence-electron chi connectivity index (χ2n) is 10.3. The van der Waals surface area contributed by atoms with Crippen molar-refractivity contribution >= 4 is 22.6 Å². The molecular formula is C29H30FN5O3. The molecule has 9 heteroatoms. The van der Waals surface area contributed by atoms with Crippen LogP contribution in [0.25, 0.3) is 10.9 Å². The highest BCUT2D eigenvalue weighted by molar-refractivity contribution is 5.92. The van der Waals surface area contributed by atoms with E-state index in [2.05, 4.69) is 31.9 Å². The summed E-state index contributed by atoms with van der Waals surface area (Å²) in [5, 5.41) is 14.6. The number of nitrogens with zero attached hydrogens (tertiary/aromatic N) is 4. The molecule has 2 aromatic heterocycles. The van der Waals surface area contributed by atoms with Gasteiger partial charge in [0.15, 0.2) is 0 Å². The Morgan fingerprint density at radius 1 is 1.18 bits per heavy atom. The third-order valence-electron chi connectivity index (χ3n) is 7.86. The Kier molecular flexibility index (Phi) is 6.04. The molecule has 196 valence electrons. The Hall–Kier alpha value is -3.95. The average molecular weight is 516 g/mol. The van der Waals surface area contributed by atoms with Crippen LogP contribution in [0.4, 0.5) is 14.9 Å². The third kappa shape index (κ3) is 3.99. The summed E-state index contributed by atoms with van der Waals surface area (Å²) in [5.74, 6) is 0.384. The zero-order valence-electron chi connectivity index (χ0n) is 21.4. The van der Waals surface area contributed by atoms with Crippen LogP contribution in [0.3, 0.4) is 0 Å². The van der Waals surface area contributed by atoms with Gasteiger partial charge in [0.1, 0.15) is 11.6 Å². The summed E-state index contributed by atoms with van der Waals surface area (Å²) in [6.45, 7) is 2.53. The lowest BCUT2D eigenvalue weighted by Crippen LogP contribution is -2.67. The van der Waals surface area contributed by atoms with Crippen molar-refractivity contribution in [2.45, 2.75) is 18.0 Å². The molecule has 2 N–H and O–H groups in total. The fourth-order valence-corrected chi connectivity index (χ4v) is 6.23. The van der Waals surface area contributed by atoms with E-state index in [0.717, 1.165) is 47.5 Å². The molecule has 0 radical (unpaired) electrons. The normalized spacial score (nSPS) is 18.3. The van der Waals surface area contributed by atoms with E-state index in [1.165, 1.54) is 29.8 Å². The quantitative estimate of drug-likeness (QED) is 0.419. The van der Waals surface area contributed by atoms with Gasteiger partial charge in [-0.3, -0.25) is 9.88 Å². The van der Waals surface area contributed by atoms with E-state index in [-0.39, 0.29) is 23.9 Å². The molecule has 1 spiro atoms. The maximum Gasteiger partial charge on any atom is 0.322 e. The number of anilines is 1. The van der Waals surface area contributed by atoms with Gasteiger partial charge < -0.3 is 24.6 Å². The number of pyridine rings is 1. The van der Waals surface area contributed by atoms with Crippen molar-refractivity contribution in [3.8, 4) is 5.75 Å². The van der Waals surface area contributed by atoms with Crippen molar-refractivity contribution in [3.63, 3.8) is 0 Å². The van der Waals surface area contributed by atoms with Crippen molar-refractivity contribution in [1.29, 1.82) is 0 Å². The van der Waals surface area contributed by atoms with Gasteiger partial charge in [0.25, 0.3) is 0 Å². The first-order chi connectivity index (χ1) is 18.4. The summed E-state index contributed by atoms with van der Waals surface area (Å²) in [6.07, 6.45) is 3.65. The van der Waals surface area contributed by atoms with Crippen LogP contribution in [-0.4, -0.2) is 63.8 Å². The fourth-order valence-electron chi connectivity index (χ4n) is 6.23. The number of aliphatic hydroxyl groups is 1. The first-order valence-electron chi connectivity index (χ1n) is 12.6. The highest BCUT2D eigenvalue weighted by atomic mass is 19.1. The number of methoxy groups -OCH3 is 1. The van der Waals surface area contributed by atoms with Gasteiger partial charge in [0, 0.05) is 73.9 Å². The van der Waals surface area contributed by atoms with Crippen LogP contribution < -0.4 is 10.1 Å². The largest absolute Gasteiger partial charge is 0.497 e. The topological polar surface area (TPSA) is 82.9 Å². The molecule has 0 bridgehead atoms. The number of nitrogens with one attached hydrogen (secondary N) is 1. The first kappa shape index (κ1) is 24.4. The molecule has 1 fully saturated rings. The van der Waals surface area contributed by atoms with E-state index < -0.39 is 6.04 Å². The zero-order chi connectivity index (χ0) is 26.4. The molecule has 4 heterocycles. The monoisotopic (exact) mass is 515 g/mol. The van der Waals surface area contributed by atoms with Gasteiger partial charge in [-0.25, -0.2) is 9.18 Å². The number of ether oxygens (including phenoxy) is 1. The lowest BCUT2D eigenvalue weighted by Gasteiger charge is -2.56. The number of amides is 2. The van der Waals surface area contributed by atoms with E-state index in [1.807, 2.05) is 31.4 Å². The minimum Gasteiger partial charge on any atom is -0.497 e. The number of carbonyl (C=O) groups is 1. The molecule has 2 aliphatic heterocycles. The van der Waals surface area contributed by atoms with Gasteiger partial charge in [-0.05, 0) is 53.6 Å². The SMILES string of the molecule is COc1ccc2c3c(n(C)c2c1)[C@H](CO)N(C(=O)Nc1ccc(F)cc1)CC31CN(Cc2cccnc2)C1. The van der Waals surface area contributed by atoms with Crippen LogP contribution >= 0.6 is 0 Å². The molecule has 1 atom stereocenters. The predicted octanol–water partition coefficient (Wildman–Crippen LogP) is 4.06. The van der Waals surface area contributed by atoms with Gasteiger partial charge >= 0.3 is 6.03 Å². The van der Waals surface area contributed by atoms with Crippen molar-refractivity contribution in [3.05, 3.63) is 89.6 Å². The Bertz CT molecular complexity index is 1480. The predicted molar refractivity (Wildman–Crippen MR) is 143 cm³/mol. The van der Waals surface area contributed by atoms with Crippen molar-refractivity contribution < 1.29 is 19.0 Å². The van der Waals surface area contributed by atoms with E-state index >= 15 is 0 Å². The maximum absolute atomic E-state index is 13.6. The Labute approximate surface area is 220 Å². The number of halogens is 1. The summed E-state index contributed by atoms with van der Waals surface area (Å²) in [5.41, 5.74) is 4.44. The second-order valence-corrected chi connectivity index (χ2v) is 10.3. The number of aromatic nitrogens is 2. The molecular weight excluding hydrogens is 485 g/mol. The average Bonchev–Trinajstić information content (AvgIpc) is 3.21. The number of hydrogen-bond donors (Lipinski definition) is 2. The lowest BCUT2D eigenvalue weighted by atomic mass is 9.68. The highest BCUT2D eigenvalue weighted by Crippen LogP contribution is 2.50. The molecule has 38 heavy (non-hydrogen) atoms. The van der Waals surface area contributed by atoms with Gasteiger partial charge in [-0.1, -0.05) is 6.07 Å². The van der Waals surface area contributed by atoms with Crippen LogP contribution in [0.15, 0.2) is 67.0 Å². The van der Waals surface area contributed by atoms with E-state index in [9.17, 15) is 14.3 Å². The van der Waals surface area contributed by atoms with E-state index in [4.69, 9.17) is 4.74 Å². The fraction of sp³-hybridized carbons (Fsp3) is 0.310. The molecule has 6 rings (SSSR count). The Balaban J connectivity index is 1.40. The molecule has 2 amide bonds. The number of fused-ring (bicyclic) bond motifs is 4. The smallest absolute Gasteiger partial charge is 0.322 e. The third-order valence-corrected chi connectivity index (χ3v) is 7.86. The zero-order valence-corrected chi connectivity index (χ0v) is 21.4. The first-order valence-corrected chi connectivity index (χ1v) is 12.6. The Morgan fingerprint density at radius 3 is 2.66 bits per heavy atom. The van der Waals surface area contributed by atoms with Crippen molar-refractivity contribution in [1.82, 2.24) is 19.4 Å². The summed E-state index contributed by atoms with van der Waals surface area (Å²) in [4.78, 5) is 21.9. The lowest BCUT2D eigenvalue weighted by molar-refractivity contribution is 0.00761. The molecule has 8 nitrogen and oxygen atoms in total. The number of carbonyl (C=O) groups excluding carboxylic acids is 1. The minimum atomic E-state index is -0.535. The van der Waals surface area contributed by atoms with Crippen LogP contribution in [-0.2, 0) is 19.0 Å². The van der Waals surface area contributed by atoms with Gasteiger partial charge in [0.2, 0.25) is 0 Å². The number of hydrogen-bond acceptors (Lipinski definition) is 5. The summed E-state index contributed by atoms with van der Waals surface area (Å²) < 4.78 is 21.0. The molecule has 2 aliphatic rings. The molecule has 0 saturated carbocycles. The van der Waals surface area contributed by atoms with Gasteiger partial charge in [-0.2, -0.15) is 0 Å². The van der Waals surface area contributed by atoms with E-state index in [1.54, 1.807) is 18.2 Å². The van der Waals surface area contributed by atoms with Crippen LogP contribution in [0, 0.1) is 5.82 Å². The van der Waals surface area contributed by atoms with Crippen LogP contribution in [0.5, 0.6) is 5.75 Å². The molecule has 4 aromatic rings. The molecule has 1 saturated heterocycles. The van der Waals surface area contributed by atoms with Gasteiger partial charge in [-0.15, -0.1) is 0 Å².